The van der Waals surface area contributed by atoms with E-state index in [1.165, 1.54) is 23.9 Å². The molecule has 4 aromatic rings. The Kier molecular flexibility index (Phi) is 10.1. The van der Waals surface area contributed by atoms with E-state index < -0.39 is 30.1 Å². The molecule has 2 fully saturated rings. The van der Waals surface area contributed by atoms with Gasteiger partial charge in [-0.05, 0) is 85.0 Å². The van der Waals surface area contributed by atoms with Crippen molar-refractivity contribution in [2.75, 3.05) is 13.1 Å². The molecular weight excluding hydrogens is 634 g/mol. The van der Waals surface area contributed by atoms with Crippen LogP contribution in [0.2, 0.25) is 0 Å². The first-order chi connectivity index (χ1) is 23.3. The first-order valence-corrected chi connectivity index (χ1v) is 16.7. The molecule has 2 aliphatic heterocycles. The van der Waals surface area contributed by atoms with Crippen LogP contribution in [0.5, 0.6) is 0 Å². The number of hydrazine groups is 1. The molecule has 0 aliphatic carbocycles. The number of nitrogens with zero attached hydrogens (tertiary/aromatic N) is 2. The van der Waals surface area contributed by atoms with Crippen LogP contribution in [0.4, 0.5) is 0 Å². The Bertz CT molecular complexity index is 1800. The van der Waals surface area contributed by atoms with Gasteiger partial charge >= 0.3 is 0 Å². The van der Waals surface area contributed by atoms with Gasteiger partial charge in [-0.3, -0.25) is 34.8 Å². The van der Waals surface area contributed by atoms with Gasteiger partial charge in [0.25, 0.3) is 17.7 Å². The topological polar surface area (TPSA) is 163 Å². The van der Waals surface area contributed by atoms with Crippen LogP contribution in [0, 0.1) is 0 Å². The quantitative estimate of drug-likeness (QED) is 0.123. The van der Waals surface area contributed by atoms with E-state index in [1.807, 2.05) is 30.5 Å². The highest BCUT2D eigenvalue weighted by atomic mass is 32.1. The van der Waals surface area contributed by atoms with Gasteiger partial charge in [0, 0.05) is 35.5 Å². The molecule has 0 radical (unpaired) electrons. The van der Waals surface area contributed by atoms with E-state index in [1.54, 1.807) is 41.3 Å². The number of amides is 4. The Hall–Kier alpha value is -5.14. The summed E-state index contributed by atoms with van der Waals surface area (Å²) < 4.78 is 10.5. The SMILES string of the molecule is C[C@@H](NC(=O)c1ccccc1CCC(=O)NNC(=O)[C@H]1OC1C(=O)N1CCCCC1)c1cc(C(=O)c2cnco2)cc(-c2cccs2)c1. The second-order valence-electron chi connectivity index (χ2n) is 11.8. The van der Waals surface area contributed by atoms with Crippen LogP contribution < -0.4 is 16.2 Å². The van der Waals surface area contributed by atoms with Gasteiger partial charge in [0.1, 0.15) is 0 Å². The lowest BCUT2D eigenvalue weighted by atomic mass is 9.97. The molecule has 4 amide bonds. The van der Waals surface area contributed by atoms with Gasteiger partial charge in [0.2, 0.25) is 11.7 Å². The monoisotopic (exact) mass is 669 g/mol. The third kappa shape index (κ3) is 7.69. The Balaban J connectivity index is 1.05. The van der Waals surface area contributed by atoms with Gasteiger partial charge in [0.05, 0.1) is 12.2 Å². The minimum Gasteiger partial charge on any atom is -0.440 e. The number of hydrogen-bond donors (Lipinski definition) is 3. The molecule has 2 saturated heterocycles. The van der Waals surface area contributed by atoms with E-state index in [0.29, 0.717) is 29.8 Å². The summed E-state index contributed by atoms with van der Waals surface area (Å²) in [7, 11) is 0. The summed E-state index contributed by atoms with van der Waals surface area (Å²) in [5.74, 6) is -1.78. The second kappa shape index (κ2) is 14.7. The number of hydrogen-bond acceptors (Lipinski definition) is 9. The van der Waals surface area contributed by atoms with Crippen molar-refractivity contribution in [3.8, 4) is 10.4 Å². The highest BCUT2D eigenvalue weighted by molar-refractivity contribution is 7.13. The van der Waals surface area contributed by atoms with Crippen molar-refractivity contribution in [2.45, 2.75) is 57.3 Å². The van der Waals surface area contributed by atoms with Gasteiger partial charge < -0.3 is 19.4 Å². The number of likely N-dealkylation sites (tertiary alicyclic amines) is 1. The van der Waals surface area contributed by atoms with E-state index in [9.17, 15) is 24.0 Å². The van der Waals surface area contributed by atoms with Crippen LogP contribution >= 0.6 is 11.3 Å². The first-order valence-electron chi connectivity index (χ1n) is 15.8. The number of thiophene rings is 1. The summed E-state index contributed by atoms with van der Waals surface area (Å²) in [6.07, 6.45) is 4.03. The average Bonchev–Trinajstić information content (AvgIpc) is 3.45. The molecule has 2 aromatic heterocycles. The summed E-state index contributed by atoms with van der Waals surface area (Å²) in [4.78, 5) is 70.8. The van der Waals surface area contributed by atoms with Crippen LogP contribution in [0.1, 0.15) is 76.3 Å². The largest absolute Gasteiger partial charge is 0.440 e. The molecule has 0 saturated carbocycles. The van der Waals surface area contributed by atoms with Gasteiger partial charge in [-0.15, -0.1) is 11.3 Å². The lowest BCUT2D eigenvalue weighted by Crippen LogP contribution is -2.45. The van der Waals surface area contributed by atoms with E-state index in [-0.39, 0.29) is 36.2 Å². The summed E-state index contributed by atoms with van der Waals surface area (Å²) in [5.41, 5.74) is 7.73. The van der Waals surface area contributed by atoms with E-state index >= 15 is 0 Å². The van der Waals surface area contributed by atoms with Crippen LogP contribution in [0.3, 0.4) is 0 Å². The zero-order valence-corrected chi connectivity index (χ0v) is 27.1. The average molecular weight is 670 g/mol. The summed E-state index contributed by atoms with van der Waals surface area (Å²) in [5, 5.41) is 4.98. The number of carbonyl (C=O) groups excluding carboxylic acids is 5. The predicted octanol–water partition coefficient (Wildman–Crippen LogP) is 3.99. The second-order valence-corrected chi connectivity index (χ2v) is 12.7. The van der Waals surface area contributed by atoms with Crippen molar-refractivity contribution in [3.63, 3.8) is 0 Å². The molecule has 48 heavy (non-hydrogen) atoms. The molecule has 3 atom stereocenters. The third-order valence-corrected chi connectivity index (χ3v) is 9.32. The van der Waals surface area contributed by atoms with Crippen molar-refractivity contribution < 1.29 is 33.1 Å². The highest BCUT2D eigenvalue weighted by Gasteiger charge is 2.52. The smallest absolute Gasteiger partial charge is 0.270 e. The van der Waals surface area contributed by atoms with Crippen molar-refractivity contribution in [1.82, 2.24) is 26.1 Å². The molecule has 2 aliphatic rings. The van der Waals surface area contributed by atoms with Crippen molar-refractivity contribution in [3.05, 3.63) is 101 Å². The van der Waals surface area contributed by atoms with Gasteiger partial charge in [0.15, 0.2) is 24.4 Å². The van der Waals surface area contributed by atoms with Gasteiger partial charge in [-0.1, -0.05) is 24.3 Å². The number of piperidine rings is 1. The van der Waals surface area contributed by atoms with Crippen LogP contribution in [0.15, 0.2) is 77.0 Å². The molecule has 12 nitrogen and oxygen atoms in total. The molecule has 13 heteroatoms. The fourth-order valence-electron chi connectivity index (χ4n) is 5.71. The molecule has 4 heterocycles. The Labute approximate surface area is 280 Å². The molecule has 1 unspecified atom stereocenters. The first kappa shape index (κ1) is 32.8. The Morgan fingerprint density at radius 3 is 2.54 bits per heavy atom. The number of aromatic nitrogens is 1. The van der Waals surface area contributed by atoms with E-state index in [4.69, 9.17) is 9.15 Å². The van der Waals surface area contributed by atoms with Crippen molar-refractivity contribution in [1.29, 1.82) is 0 Å². The third-order valence-electron chi connectivity index (χ3n) is 8.40. The zero-order valence-electron chi connectivity index (χ0n) is 26.3. The minimum atomic E-state index is -0.923. The predicted molar refractivity (Wildman–Crippen MR) is 176 cm³/mol. The van der Waals surface area contributed by atoms with Crippen LogP contribution in [-0.4, -0.2) is 64.6 Å². The lowest BCUT2D eigenvalue weighted by molar-refractivity contribution is -0.133. The number of ether oxygens (including phenoxy) is 1. The highest BCUT2D eigenvalue weighted by Crippen LogP contribution is 2.30. The molecule has 248 valence electrons. The van der Waals surface area contributed by atoms with E-state index in [0.717, 1.165) is 35.3 Å². The minimum absolute atomic E-state index is 0.00223. The number of carbonyl (C=O) groups is 5. The number of oxazole rings is 1. The van der Waals surface area contributed by atoms with Crippen molar-refractivity contribution in [2.24, 2.45) is 0 Å². The van der Waals surface area contributed by atoms with Gasteiger partial charge in [-0.25, -0.2) is 4.98 Å². The summed E-state index contributed by atoms with van der Waals surface area (Å²) >= 11 is 1.54. The standard InChI is InChI=1S/C35H35N5O7S/c1-21(23-16-24(28-10-7-15-48-28)18-25(17-23)30(42)27-19-36-20-46-27)37-33(43)26-9-4-3-8-22(26)11-12-29(41)38-39-34(44)31-32(47-31)35(45)40-13-5-2-6-14-40/h3-4,7-10,15-21,31-32H,2,5-6,11-14H2,1H3,(H,37,43)(H,38,41)(H,39,44)/t21-,31+,32?/m1/s1. The maximum Gasteiger partial charge on any atom is 0.270 e. The molecular formula is C35H35N5O7S. The maximum absolute atomic E-state index is 13.5. The number of nitrogens with one attached hydrogen (secondary N) is 3. The summed E-state index contributed by atoms with van der Waals surface area (Å²) in [6.45, 7) is 3.16. The van der Waals surface area contributed by atoms with Crippen LogP contribution in [0.25, 0.3) is 10.4 Å². The van der Waals surface area contributed by atoms with Crippen LogP contribution in [-0.2, 0) is 25.5 Å². The lowest BCUT2D eigenvalue weighted by Gasteiger charge is -2.25. The number of rotatable bonds is 11. The summed E-state index contributed by atoms with van der Waals surface area (Å²) in [6, 6.07) is 15.9. The number of benzene rings is 2. The van der Waals surface area contributed by atoms with E-state index in [2.05, 4.69) is 21.2 Å². The number of aryl methyl sites for hydroxylation is 1. The molecule has 6 rings (SSSR count). The molecule has 2 aromatic carbocycles. The number of ketones is 1. The molecule has 0 spiro atoms. The number of epoxide rings is 1. The normalized spacial score (nSPS) is 17.6. The fourth-order valence-corrected chi connectivity index (χ4v) is 6.43. The zero-order chi connectivity index (χ0) is 33.6. The maximum atomic E-state index is 13.5. The van der Waals surface area contributed by atoms with Crippen molar-refractivity contribution >= 4 is 40.7 Å². The fraction of sp³-hybridized carbons (Fsp3) is 0.314. The Morgan fingerprint density at radius 1 is 0.979 bits per heavy atom. The van der Waals surface area contributed by atoms with Gasteiger partial charge in [-0.2, -0.15) is 0 Å². The molecule has 0 bridgehead atoms. The molecule has 3 N–H and O–H groups in total. The Morgan fingerprint density at radius 2 is 1.79 bits per heavy atom.